The van der Waals surface area contributed by atoms with Gasteiger partial charge >= 0.3 is 0 Å². The maximum atomic E-state index is 8.81. The molecule has 1 unspecified atom stereocenters. The fraction of sp³-hybridized carbons (Fsp3) is 0.500. The first kappa shape index (κ1) is 12.7. The summed E-state index contributed by atoms with van der Waals surface area (Å²) in [7, 11) is 0. The van der Waals surface area contributed by atoms with E-state index < -0.39 is 0 Å². The predicted molar refractivity (Wildman–Crippen MR) is 66.9 cm³/mol. The summed E-state index contributed by atoms with van der Waals surface area (Å²) in [6, 6.07) is 8.96. The quantitative estimate of drug-likeness (QED) is 0.863. The van der Waals surface area contributed by atoms with Crippen LogP contribution in [-0.2, 0) is 0 Å². The normalized spacial score (nSPS) is 14.9. The molecule has 1 aromatic rings. The minimum absolute atomic E-state index is 0.237. The highest BCUT2D eigenvalue weighted by molar-refractivity contribution is 9.10. The number of hydrogen-bond acceptors (Lipinski definition) is 2. The van der Waals surface area contributed by atoms with Crippen molar-refractivity contribution in [3.05, 3.63) is 34.3 Å². The van der Waals surface area contributed by atoms with E-state index in [4.69, 9.17) is 5.11 Å². The molecule has 0 saturated heterocycles. The van der Waals surface area contributed by atoms with Crippen LogP contribution in [0.15, 0.2) is 28.7 Å². The van der Waals surface area contributed by atoms with Crippen LogP contribution in [0.25, 0.3) is 0 Å². The smallest absolute Gasteiger partial charge is 0.0445 e. The van der Waals surface area contributed by atoms with Crippen LogP contribution in [-0.4, -0.2) is 17.8 Å². The molecule has 2 atom stereocenters. The van der Waals surface area contributed by atoms with E-state index in [2.05, 4.69) is 47.2 Å². The monoisotopic (exact) mass is 271 g/mol. The summed E-state index contributed by atoms with van der Waals surface area (Å²) in [6.45, 7) is 4.46. The zero-order valence-corrected chi connectivity index (χ0v) is 10.8. The van der Waals surface area contributed by atoms with Gasteiger partial charge in [0, 0.05) is 23.2 Å². The third-order valence-electron chi connectivity index (χ3n) is 2.47. The lowest BCUT2D eigenvalue weighted by Crippen LogP contribution is -2.29. The van der Waals surface area contributed by atoms with Gasteiger partial charge in [0.15, 0.2) is 0 Å². The average molecular weight is 272 g/mol. The van der Waals surface area contributed by atoms with Crippen molar-refractivity contribution in [3.63, 3.8) is 0 Å². The molecule has 0 heterocycles. The Kier molecular flexibility index (Phi) is 5.29. The summed E-state index contributed by atoms with van der Waals surface area (Å²) in [6.07, 6.45) is 0.793. The molecular weight excluding hydrogens is 254 g/mol. The first-order chi connectivity index (χ1) is 7.13. The van der Waals surface area contributed by atoms with Crippen molar-refractivity contribution in [1.29, 1.82) is 0 Å². The second kappa shape index (κ2) is 6.26. The number of hydrogen-bond donors (Lipinski definition) is 2. The number of rotatable bonds is 5. The largest absolute Gasteiger partial charge is 0.396 e. The van der Waals surface area contributed by atoms with Crippen molar-refractivity contribution in [2.45, 2.75) is 32.4 Å². The van der Waals surface area contributed by atoms with Gasteiger partial charge in [0.1, 0.15) is 0 Å². The molecule has 2 N–H and O–H groups in total. The molecule has 0 fully saturated rings. The zero-order chi connectivity index (χ0) is 11.3. The summed E-state index contributed by atoms with van der Waals surface area (Å²) in [4.78, 5) is 0. The van der Waals surface area contributed by atoms with Crippen molar-refractivity contribution >= 4 is 15.9 Å². The van der Waals surface area contributed by atoms with Crippen LogP contribution in [0.5, 0.6) is 0 Å². The molecule has 0 aliphatic heterocycles. The van der Waals surface area contributed by atoms with E-state index in [-0.39, 0.29) is 6.61 Å². The van der Waals surface area contributed by atoms with Crippen LogP contribution < -0.4 is 5.32 Å². The van der Waals surface area contributed by atoms with Crippen LogP contribution in [0.4, 0.5) is 0 Å². The maximum absolute atomic E-state index is 8.81. The van der Waals surface area contributed by atoms with Crippen LogP contribution in [0, 0.1) is 0 Å². The first-order valence-corrected chi connectivity index (χ1v) is 6.05. The van der Waals surface area contributed by atoms with Gasteiger partial charge in [-0.1, -0.05) is 28.1 Å². The van der Waals surface area contributed by atoms with E-state index in [9.17, 15) is 0 Å². The van der Waals surface area contributed by atoms with Gasteiger partial charge < -0.3 is 10.4 Å². The molecule has 1 aromatic carbocycles. The fourth-order valence-corrected chi connectivity index (χ4v) is 1.82. The van der Waals surface area contributed by atoms with Crippen LogP contribution in [0.1, 0.15) is 31.9 Å². The number of nitrogens with one attached hydrogen (secondary N) is 1. The second-order valence-corrected chi connectivity index (χ2v) is 4.77. The standard InChI is InChI=1S/C12H18BrNO/c1-9(7-8-15)14-10(2)11-3-5-12(13)6-4-11/h3-6,9-10,14-15H,7-8H2,1-2H3/t9-,10?/m1/s1. The molecule has 0 spiro atoms. The Hall–Kier alpha value is -0.380. The van der Waals surface area contributed by atoms with Crippen molar-refractivity contribution < 1.29 is 5.11 Å². The number of benzene rings is 1. The molecule has 0 aromatic heterocycles. The molecule has 15 heavy (non-hydrogen) atoms. The number of aliphatic hydroxyl groups excluding tert-OH is 1. The fourth-order valence-electron chi connectivity index (χ4n) is 1.55. The first-order valence-electron chi connectivity index (χ1n) is 5.26. The molecular formula is C12H18BrNO. The lowest BCUT2D eigenvalue weighted by atomic mass is 10.1. The van der Waals surface area contributed by atoms with E-state index in [1.54, 1.807) is 0 Å². The van der Waals surface area contributed by atoms with Gasteiger partial charge in [-0.2, -0.15) is 0 Å². The predicted octanol–water partition coefficient (Wildman–Crippen LogP) is 2.87. The number of aliphatic hydroxyl groups is 1. The van der Waals surface area contributed by atoms with Gasteiger partial charge in [-0.15, -0.1) is 0 Å². The molecule has 0 aliphatic carbocycles. The summed E-state index contributed by atoms with van der Waals surface area (Å²) in [5, 5.41) is 12.3. The van der Waals surface area contributed by atoms with Gasteiger partial charge in [-0.05, 0) is 38.0 Å². The molecule has 0 amide bonds. The van der Waals surface area contributed by atoms with Crippen LogP contribution in [0.2, 0.25) is 0 Å². The third kappa shape index (κ3) is 4.33. The van der Waals surface area contributed by atoms with E-state index in [1.807, 2.05) is 12.1 Å². The van der Waals surface area contributed by atoms with Crippen LogP contribution in [0.3, 0.4) is 0 Å². The minimum atomic E-state index is 0.237. The molecule has 0 radical (unpaired) electrons. The molecule has 0 saturated carbocycles. The number of halogens is 1. The SMILES string of the molecule is CC(N[C@H](C)CCO)c1ccc(Br)cc1. The summed E-state index contributed by atoms with van der Waals surface area (Å²) in [5.74, 6) is 0. The van der Waals surface area contributed by atoms with Gasteiger partial charge in [-0.25, -0.2) is 0 Å². The van der Waals surface area contributed by atoms with E-state index >= 15 is 0 Å². The Labute approximate surface area is 99.8 Å². The molecule has 2 nitrogen and oxygen atoms in total. The summed E-state index contributed by atoms with van der Waals surface area (Å²) >= 11 is 3.42. The van der Waals surface area contributed by atoms with Crippen molar-refractivity contribution in [2.24, 2.45) is 0 Å². The minimum Gasteiger partial charge on any atom is -0.396 e. The van der Waals surface area contributed by atoms with Gasteiger partial charge in [-0.3, -0.25) is 0 Å². The summed E-state index contributed by atoms with van der Waals surface area (Å²) < 4.78 is 1.10. The lowest BCUT2D eigenvalue weighted by molar-refractivity contribution is 0.264. The van der Waals surface area contributed by atoms with Crippen molar-refractivity contribution in [2.75, 3.05) is 6.61 Å². The van der Waals surface area contributed by atoms with E-state index in [0.717, 1.165) is 10.9 Å². The third-order valence-corrected chi connectivity index (χ3v) is 3.00. The Morgan fingerprint density at radius 3 is 2.40 bits per heavy atom. The highest BCUT2D eigenvalue weighted by Gasteiger charge is 2.08. The molecule has 0 bridgehead atoms. The van der Waals surface area contributed by atoms with Crippen molar-refractivity contribution in [1.82, 2.24) is 5.32 Å². The zero-order valence-electron chi connectivity index (χ0n) is 9.20. The Balaban J connectivity index is 2.53. The van der Waals surface area contributed by atoms with Gasteiger partial charge in [0.05, 0.1) is 0 Å². The Morgan fingerprint density at radius 1 is 1.27 bits per heavy atom. The summed E-state index contributed by atoms with van der Waals surface area (Å²) in [5.41, 5.74) is 1.27. The highest BCUT2D eigenvalue weighted by Crippen LogP contribution is 2.17. The Bertz CT molecular complexity index is 286. The molecule has 1 rings (SSSR count). The molecule has 3 heteroatoms. The molecule has 0 aliphatic rings. The maximum Gasteiger partial charge on any atom is 0.0445 e. The average Bonchev–Trinajstić information content (AvgIpc) is 2.18. The van der Waals surface area contributed by atoms with Gasteiger partial charge in [0.2, 0.25) is 0 Å². The second-order valence-electron chi connectivity index (χ2n) is 3.85. The van der Waals surface area contributed by atoms with E-state index in [0.29, 0.717) is 12.1 Å². The lowest BCUT2D eigenvalue weighted by Gasteiger charge is -2.19. The molecule has 84 valence electrons. The van der Waals surface area contributed by atoms with Gasteiger partial charge in [0.25, 0.3) is 0 Å². The van der Waals surface area contributed by atoms with Crippen molar-refractivity contribution in [3.8, 4) is 0 Å². The van der Waals surface area contributed by atoms with Crippen LogP contribution >= 0.6 is 15.9 Å². The van der Waals surface area contributed by atoms with E-state index in [1.165, 1.54) is 5.56 Å². The highest BCUT2D eigenvalue weighted by atomic mass is 79.9. The topological polar surface area (TPSA) is 32.3 Å². The Morgan fingerprint density at radius 2 is 1.87 bits per heavy atom.